The molecule has 482 valence electrons. The van der Waals surface area contributed by atoms with Crippen LogP contribution in [0.3, 0.4) is 0 Å². The second kappa shape index (κ2) is 71.3. The van der Waals surface area contributed by atoms with Crippen molar-refractivity contribution in [2.75, 3.05) is 13.2 Å². The SMILES string of the molecule is CCCCCCC/C=C\C/C=C\C/C=C\CCCCCCCCCCCCCCC(=O)OCC(COC(=O)CCCCCCCCCCCCC)OC(=O)CCCCCCCCCCCCCC/C=C\C/C=C\C/C=C\CCCCCCC. The molecule has 83 heavy (non-hydrogen) atoms. The van der Waals surface area contributed by atoms with Gasteiger partial charge in [0.15, 0.2) is 6.10 Å². The summed E-state index contributed by atoms with van der Waals surface area (Å²) in [5, 5.41) is 0. The average molecular weight is 1160 g/mol. The van der Waals surface area contributed by atoms with Crippen molar-refractivity contribution in [3.63, 3.8) is 0 Å². The fourth-order valence-electron chi connectivity index (χ4n) is 10.7. The van der Waals surface area contributed by atoms with Crippen molar-refractivity contribution >= 4 is 17.9 Å². The third kappa shape index (κ3) is 69.5. The monoisotopic (exact) mass is 1160 g/mol. The smallest absolute Gasteiger partial charge is 0.306 e. The first-order valence-corrected chi connectivity index (χ1v) is 36.4. The van der Waals surface area contributed by atoms with Crippen LogP contribution in [0.2, 0.25) is 0 Å². The van der Waals surface area contributed by atoms with Crippen LogP contribution in [0, 0.1) is 0 Å². The fourth-order valence-corrected chi connectivity index (χ4v) is 10.7. The van der Waals surface area contributed by atoms with E-state index < -0.39 is 6.10 Å². The highest BCUT2D eigenvalue weighted by Crippen LogP contribution is 2.18. The number of allylic oxidation sites excluding steroid dienone is 12. The van der Waals surface area contributed by atoms with E-state index in [0.717, 1.165) is 83.5 Å². The van der Waals surface area contributed by atoms with Gasteiger partial charge in [0.05, 0.1) is 0 Å². The van der Waals surface area contributed by atoms with Crippen LogP contribution >= 0.6 is 0 Å². The number of carbonyl (C=O) groups is 3. The van der Waals surface area contributed by atoms with E-state index >= 15 is 0 Å². The number of hydrogen-bond donors (Lipinski definition) is 0. The molecule has 0 aliphatic rings. The first kappa shape index (κ1) is 79.8. The van der Waals surface area contributed by atoms with E-state index in [4.69, 9.17) is 14.2 Å². The van der Waals surface area contributed by atoms with Crippen molar-refractivity contribution in [1.82, 2.24) is 0 Å². The third-order valence-electron chi connectivity index (χ3n) is 16.2. The van der Waals surface area contributed by atoms with Gasteiger partial charge >= 0.3 is 17.9 Å². The summed E-state index contributed by atoms with van der Waals surface area (Å²) in [4.78, 5) is 38.4. The Morgan fingerprint density at radius 3 is 0.675 bits per heavy atom. The highest BCUT2D eigenvalue weighted by atomic mass is 16.6. The molecule has 0 aromatic rings. The van der Waals surface area contributed by atoms with Gasteiger partial charge in [-0.1, -0.05) is 338 Å². The average Bonchev–Trinajstić information content (AvgIpc) is 3.48. The Morgan fingerprint density at radius 2 is 0.434 bits per heavy atom. The molecular weight excluding hydrogens is 1020 g/mol. The Kier molecular flexibility index (Phi) is 68.6. The third-order valence-corrected chi connectivity index (χ3v) is 16.2. The van der Waals surface area contributed by atoms with Gasteiger partial charge in [-0.2, -0.15) is 0 Å². The van der Waals surface area contributed by atoms with Crippen LogP contribution in [0.5, 0.6) is 0 Å². The van der Waals surface area contributed by atoms with Crippen LogP contribution in [-0.4, -0.2) is 37.2 Å². The molecule has 0 saturated heterocycles. The highest BCUT2D eigenvalue weighted by molar-refractivity contribution is 5.71. The van der Waals surface area contributed by atoms with Gasteiger partial charge in [-0.15, -0.1) is 0 Å². The highest BCUT2D eigenvalue weighted by Gasteiger charge is 2.19. The molecular formula is C77H138O6. The Hall–Kier alpha value is -3.15. The lowest BCUT2D eigenvalue weighted by molar-refractivity contribution is -0.167. The van der Waals surface area contributed by atoms with Crippen molar-refractivity contribution in [3.8, 4) is 0 Å². The van der Waals surface area contributed by atoms with Crippen molar-refractivity contribution in [1.29, 1.82) is 0 Å². The molecule has 6 nitrogen and oxygen atoms in total. The molecule has 6 heteroatoms. The van der Waals surface area contributed by atoms with Crippen LogP contribution in [0.1, 0.15) is 380 Å². The maximum Gasteiger partial charge on any atom is 0.306 e. The van der Waals surface area contributed by atoms with Gasteiger partial charge in [0, 0.05) is 19.3 Å². The molecule has 0 aliphatic carbocycles. The molecule has 0 radical (unpaired) electrons. The Labute approximate surface area is 516 Å². The van der Waals surface area contributed by atoms with E-state index in [-0.39, 0.29) is 31.1 Å². The lowest BCUT2D eigenvalue weighted by Crippen LogP contribution is -2.30. The van der Waals surface area contributed by atoms with Crippen LogP contribution in [0.25, 0.3) is 0 Å². The molecule has 0 heterocycles. The Bertz CT molecular complexity index is 1520. The van der Waals surface area contributed by atoms with E-state index in [1.807, 2.05) is 0 Å². The van der Waals surface area contributed by atoms with Gasteiger partial charge < -0.3 is 14.2 Å². The summed E-state index contributed by atoms with van der Waals surface area (Å²) in [6, 6.07) is 0. The zero-order valence-corrected chi connectivity index (χ0v) is 55.5. The predicted octanol–water partition coefficient (Wildman–Crippen LogP) is 25.2. The maximum absolute atomic E-state index is 13.0. The summed E-state index contributed by atoms with van der Waals surface area (Å²) < 4.78 is 17.0. The second-order valence-corrected chi connectivity index (χ2v) is 24.5. The van der Waals surface area contributed by atoms with Crippen LogP contribution < -0.4 is 0 Å². The molecule has 0 bridgehead atoms. The van der Waals surface area contributed by atoms with E-state index in [1.165, 1.54) is 257 Å². The van der Waals surface area contributed by atoms with Crippen molar-refractivity contribution in [2.45, 2.75) is 386 Å². The minimum absolute atomic E-state index is 0.0723. The summed E-state index contributed by atoms with van der Waals surface area (Å²) in [7, 11) is 0. The minimum Gasteiger partial charge on any atom is -0.462 e. The minimum atomic E-state index is -0.776. The number of ether oxygens (including phenoxy) is 3. The molecule has 0 amide bonds. The van der Waals surface area contributed by atoms with Crippen molar-refractivity contribution in [3.05, 3.63) is 72.9 Å². The van der Waals surface area contributed by atoms with Crippen molar-refractivity contribution < 1.29 is 28.6 Å². The first-order valence-electron chi connectivity index (χ1n) is 36.4. The molecule has 0 aliphatic heterocycles. The molecule has 0 aromatic heterocycles. The quantitative estimate of drug-likeness (QED) is 0.0261. The lowest BCUT2D eigenvalue weighted by Gasteiger charge is -2.18. The number of carbonyl (C=O) groups excluding carboxylic acids is 3. The largest absolute Gasteiger partial charge is 0.462 e. The van der Waals surface area contributed by atoms with Crippen molar-refractivity contribution in [2.24, 2.45) is 0 Å². The van der Waals surface area contributed by atoms with E-state index in [0.29, 0.717) is 19.3 Å². The van der Waals surface area contributed by atoms with Gasteiger partial charge in [0.1, 0.15) is 13.2 Å². The first-order chi connectivity index (χ1) is 41.0. The van der Waals surface area contributed by atoms with E-state index in [2.05, 4.69) is 93.7 Å². The lowest BCUT2D eigenvalue weighted by atomic mass is 10.0. The van der Waals surface area contributed by atoms with Crippen LogP contribution in [0.15, 0.2) is 72.9 Å². The Balaban J connectivity index is 4.21. The summed E-state index contributed by atoms with van der Waals surface area (Å²) in [5.41, 5.74) is 0. The molecule has 0 saturated carbocycles. The van der Waals surface area contributed by atoms with E-state index in [9.17, 15) is 14.4 Å². The molecule has 0 N–H and O–H groups in total. The molecule has 0 aromatic carbocycles. The van der Waals surface area contributed by atoms with Crippen LogP contribution in [-0.2, 0) is 28.6 Å². The van der Waals surface area contributed by atoms with Gasteiger partial charge in [-0.25, -0.2) is 0 Å². The molecule has 0 rings (SSSR count). The summed E-state index contributed by atoms with van der Waals surface area (Å²) >= 11 is 0. The summed E-state index contributed by atoms with van der Waals surface area (Å²) in [6.45, 7) is 6.66. The molecule has 0 spiro atoms. The van der Waals surface area contributed by atoms with Gasteiger partial charge in [0.2, 0.25) is 0 Å². The second-order valence-electron chi connectivity index (χ2n) is 24.5. The maximum atomic E-state index is 13.0. The zero-order valence-electron chi connectivity index (χ0n) is 55.5. The standard InChI is InChI=1S/C77H138O6/c1-4-7-10-13-16-19-22-24-26-28-30-32-34-36-38-40-42-44-46-48-50-52-55-58-61-64-67-70-76(79)82-73-74(72-81-75(78)69-66-63-60-57-54-21-18-15-12-9-6-3)83-77(80)71-68-65-62-59-56-53-51-49-47-45-43-41-39-37-35-33-31-29-27-25-23-20-17-14-11-8-5-2/h22-25,28-31,34-37,74H,4-21,26-27,32-33,38-73H2,1-3H3/b24-22-,25-23-,30-28-,31-29-,36-34-,37-35-. The number of rotatable bonds is 67. The van der Waals surface area contributed by atoms with Crippen LogP contribution in [0.4, 0.5) is 0 Å². The Morgan fingerprint density at radius 1 is 0.241 bits per heavy atom. The zero-order chi connectivity index (χ0) is 59.9. The predicted molar refractivity (Wildman–Crippen MR) is 362 cm³/mol. The molecule has 1 atom stereocenters. The molecule has 1 unspecified atom stereocenters. The van der Waals surface area contributed by atoms with E-state index in [1.54, 1.807) is 0 Å². The van der Waals surface area contributed by atoms with Gasteiger partial charge in [0.25, 0.3) is 0 Å². The van der Waals surface area contributed by atoms with Gasteiger partial charge in [-0.05, 0) is 96.3 Å². The number of esters is 3. The number of hydrogen-bond acceptors (Lipinski definition) is 6. The number of unbranched alkanes of at least 4 members (excludes halogenated alkanes) is 44. The fraction of sp³-hybridized carbons (Fsp3) is 0.805. The molecule has 0 fully saturated rings. The summed E-state index contributed by atoms with van der Waals surface area (Å²) in [5.74, 6) is -0.856. The summed E-state index contributed by atoms with van der Waals surface area (Å²) in [6.07, 6.45) is 93.6. The topological polar surface area (TPSA) is 78.9 Å². The normalized spacial score (nSPS) is 12.5. The van der Waals surface area contributed by atoms with Gasteiger partial charge in [-0.3, -0.25) is 14.4 Å².